The van der Waals surface area contributed by atoms with Crippen molar-refractivity contribution in [2.75, 3.05) is 19.0 Å². The normalized spacial score (nSPS) is 10.1. The van der Waals surface area contributed by atoms with Crippen LogP contribution in [-0.4, -0.2) is 41.6 Å². The van der Waals surface area contributed by atoms with Crippen molar-refractivity contribution in [3.05, 3.63) is 63.2 Å². The van der Waals surface area contributed by atoms with E-state index in [1.54, 1.807) is 13.0 Å². The van der Waals surface area contributed by atoms with Crippen LogP contribution in [0.25, 0.3) is 0 Å². The van der Waals surface area contributed by atoms with Gasteiger partial charge in [0.2, 0.25) is 0 Å². The van der Waals surface area contributed by atoms with E-state index in [2.05, 4.69) is 10.1 Å². The Kier molecular flexibility index (Phi) is 6.27. The van der Waals surface area contributed by atoms with Gasteiger partial charge in [0.1, 0.15) is 5.75 Å². The predicted molar refractivity (Wildman–Crippen MR) is 96.2 cm³/mol. The number of nitro groups is 1. The summed E-state index contributed by atoms with van der Waals surface area (Å²) in [7, 11) is 1.23. The highest BCUT2D eigenvalue weighted by molar-refractivity contribution is 5.98. The highest BCUT2D eigenvalue weighted by atomic mass is 16.6. The summed E-state index contributed by atoms with van der Waals surface area (Å²) in [6.07, 6.45) is 0. The molecule has 0 unspecified atom stereocenters. The van der Waals surface area contributed by atoms with Crippen molar-refractivity contribution in [1.29, 1.82) is 0 Å². The number of hydrogen-bond acceptors (Lipinski definition) is 8. The molecule has 0 saturated carbocycles. The summed E-state index contributed by atoms with van der Waals surface area (Å²) in [5.41, 5.74) is 0.454. The van der Waals surface area contributed by atoms with E-state index in [-0.39, 0.29) is 11.1 Å². The predicted octanol–water partition coefficient (Wildman–Crippen LogP) is 2.19. The Labute approximate surface area is 158 Å². The number of carbonyl (C=O) groups is 3. The van der Waals surface area contributed by atoms with E-state index in [1.807, 2.05) is 0 Å². The minimum absolute atomic E-state index is 0.229. The molecular weight excluding hydrogens is 372 g/mol. The number of hydrogen-bond donors (Lipinski definition) is 2. The second kappa shape index (κ2) is 8.62. The number of non-ortho nitro benzene ring substituents is 1. The number of nitrogens with zero attached hydrogens (tertiary/aromatic N) is 1. The Bertz CT molecular complexity index is 955. The lowest BCUT2D eigenvalue weighted by Gasteiger charge is -2.10. The van der Waals surface area contributed by atoms with Crippen LogP contribution in [0.4, 0.5) is 11.4 Å². The maximum absolute atomic E-state index is 12.0. The molecule has 0 spiro atoms. The quantitative estimate of drug-likeness (QED) is 0.435. The maximum atomic E-state index is 12.0. The number of esters is 2. The van der Waals surface area contributed by atoms with Gasteiger partial charge in [0.15, 0.2) is 6.61 Å². The van der Waals surface area contributed by atoms with E-state index in [0.29, 0.717) is 11.3 Å². The Morgan fingerprint density at radius 1 is 1.11 bits per heavy atom. The summed E-state index contributed by atoms with van der Waals surface area (Å²) in [6, 6.07) is 7.34. The van der Waals surface area contributed by atoms with Crippen molar-refractivity contribution in [1.82, 2.24) is 0 Å². The first-order valence-electron chi connectivity index (χ1n) is 7.85. The number of phenolic OH excluding ortho intramolecular Hbond substituents is 1. The summed E-state index contributed by atoms with van der Waals surface area (Å²) in [5.74, 6) is -2.77. The van der Waals surface area contributed by atoms with Gasteiger partial charge in [-0.25, -0.2) is 9.59 Å². The minimum Gasteiger partial charge on any atom is -0.508 e. The molecule has 0 radical (unpaired) electrons. The molecule has 1 amide bonds. The van der Waals surface area contributed by atoms with Crippen molar-refractivity contribution >= 4 is 29.2 Å². The fourth-order valence-corrected chi connectivity index (χ4v) is 2.22. The standard InChI is InChI=1S/C18H16N2O8/c1-10-3-4-11(17(23)27-2)7-15(10)19-16(22)9-28-18(24)12-5-13(20(25)26)8-14(21)6-12/h3-8,21H,9H2,1-2H3,(H,19,22). The number of nitrogens with one attached hydrogen (secondary N) is 1. The van der Waals surface area contributed by atoms with Crippen LogP contribution in [0.1, 0.15) is 26.3 Å². The number of anilines is 1. The summed E-state index contributed by atoms with van der Waals surface area (Å²) in [6.45, 7) is 1.03. The Morgan fingerprint density at radius 3 is 2.46 bits per heavy atom. The summed E-state index contributed by atoms with van der Waals surface area (Å²) in [5, 5.41) is 22.7. The lowest BCUT2D eigenvalue weighted by atomic mass is 10.1. The van der Waals surface area contributed by atoms with Crippen LogP contribution in [0, 0.1) is 17.0 Å². The molecule has 2 rings (SSSR count). The SMILES string of the molecule is COC(=O)c1ccc(C)c(NC(=O)COC(=O)c2cc(O)cc([N+](=O)[O-])c2)c1. The number of amides is 1. The zero-order valence-corrected chi connectivity index (χ0v) is 14.9. The molecule has 0 fully saturated rings. The van der Waals surface area contributed by atoms with Crippen LogP contribution < -0.4 is 5.32 Å². The van der Waals surface area contributed by atoms with E-state index in [0.717, 1.165) is 18.2 Å². The minimum atomic E-state index is -1.02. The Morgan fingerprint density at radius 2 is 1.82 bits per heavy atom. The lowest BCUT2D eigenvalue weighted by molar-refractivity contribution is -0.385. The zero-order chi connectivity index (χ0) is 20.8. The molecule has 10 nitrogen and oxygen atoms in total. The van der Waals surface area contributed by atoms with E-state index < -0.39 is 40.8 Å². The van der Waals surface area contributed by atoms with Gasteiger partial charge in [-0.2, -0.15) is 0 Å². The van der Waals surface area contributed by atoms with Crippen molar-refractivity contribution < 1.29 is 33.9 Å². The van der Waals surface area contributed by atoms with Gasteiger partial charge in [-0.3, -0.25) is 14.9 Å². The number of phenols is 1. The summed E-state index contributed by atoms with van der Waals surface area (Å²) in [4.78, 5) is 45.6. The smallest absolute Gasteiger partial charge is 0.339 e. The Balaban J connectivity index is 2.04. The molecule has 28 heavy (non-hydrogen) atoms. The largest absolute Gasteiger partial charge is 0.508 e. The topological polar surface area (TPSA) is 145 Å². The highest BCUT2D eigenvalue weighted by Crippen LogP contribution is 2.22. The van der Waals surface area contributed by atoms with Gasteiger partial charge in [0.05, 0.1) is 29.2 Å². The van der Waals surface area contributed by atoms with Gasteiger partial charge in [-0.1, -0.05) is 6.07 Å². The monoisotopic (exact) mass is 388 g/mol. The third-order valence-corrected chi connectivity index (χ3v) is 3.62. The molecule has 10 heteroatoms. The highest BCUT2D eigenvalue weighted by Gasteiger charge is 2.17. The van der Waals surface area contributed by atoms with Crippen LogP contribution >= 0.6 is 0 Å². The summed E-state index contributed by atoms with van der Waals surface area (Å²) >= 11 is 0. The first-order valence-corrected chi connectivity index (χ1v) is 7.85. The first kappa shape index (κ1) is 20.4. The number of aryl methyl sites for hydroxylation is 1. The van der Waals surface area contributed by atoms with Crippen molar-refractivity contribution in [2.45, 2.75) is 6.92 Å². The van der Waals surface area contributed by atoms with Crippen molar-refractivity contribution in [3.63, 3.8) is 0 Å². The van der Waals surface area contributed by atoms with Crippen LogP contribution in [0.2, 0.25) is 0 Å². The molecular formula is C18H16N2O8. The molecule has 0 aliphatic carbocycles. The van der Waals surface area contributed by atoms with Gasteiger partial charge >= 0.3 is 11.9 Å². The molecule has 0 aliphatic rings. The van der Waals surface area contributed by atoms with E-state index in [1.165, 1.54) is 19.2 Å². The van der Waals surface area contributed by atoms with Crippen LogP contribution in [0.15, 0.2) is 36.4 Å². The molecule has 0 bridgehead atoms. The number of ether oxygens (including phenoxy) is 2. The molecule has 0 aliphatic heterocycles. The van der Waals surface area contributed by atoms with Crippen molar-refractivity contribution in [2.24, 2.45) is 0 Å². The Hall–Kier alpha value is -3.95. The number of benzene rings is 2. The van der Waals surface area contributed by atoms with Gasteiger partial charge in [0, 0.05) is 11.8 Å². The molecule has 0 heterocycles. The first-order chi connectivity index (χ1) is 13.2. The number of aromatic hydroxyl groups is 1. The number of nitro benzene ring substituents is 1. The fraction of sp³-hybridized carbons (Fsp3) is 0.167. The third-order valence-electron chi connectivity index (χ3n) is 3.62. The maximum Gasteiger partial charge on any atom is 0.339 e. The molecule has 146 valence electrons. The van der Waals surface area contributed by atoms with Crippen LogP contribution in [0.3, 0.4) is 0 Å². The fourth-order valence-electron chi connectivity index (χ4n) is 2.22. The average Bonchev–Trinajstić information content (AvgIpc) is 2.66. The lowest BCUT2D eigenvalue weighted by Crippen LogP contribution is -2.21. The van der Waals surface area contributed by atoms with Gasteiger partial charge < -0.3 is 19.9 Å². The van der Waals surface area contributed by atoms with Crippen LogP contribution in [-0.2, 0) is 14.3 Å². The number of carbonyl (C=O) groups excluding carboxylic acids is 3. The molecule has 2 aromatic rings. The number of rotatable bonds is 6. The van der Waals surface area contributed by atoms with Gasteiger partial charge in [-0.15, -0.1) is 0 Å². The van der Waals surface area contributed by atoms with E-state index in [4.69, 9.17) is 4.74 Å². The average molecular weight is 388 g/mol. The third kappa shape index (κ3) is 5.04. The molecule has 2 aromatic carbocycles. The van der Waals surface area contributed by atoms with Gasteiger partial charge in [0.25, 0.3) is 11.6 Å². The van der Waals surface area contributed by atoms with E-state index in [9.17, 15) is 29.6 Å². The zero-order valence-electron chi connectivity index (χ0n) is 14.9. The van der Waals surface area contributed by atoms with Gasteiger partial charge in [-0.05, 0) is 30.7 Å². The second-order valence-corrected chi connectivity index (χ2v) is 5.64. The molecule has 0 aromatic heterocycles. The molecule has 2 N–H and O–H groups in total. The van der Waals surface area contributed by atoms with Crippen molar-refractivity contribution in [3.8, 4) is 5.75 Å². The van der Waals surface area contributed by atoms with Crippen LogP contribution in [0.5, 0.6) is 5.75 Å². The number of methoxy groups -OCH3 is 1. The second-order valence-electron chi connectivity index (χ2n) is 5.64. The molecule has 0 atom stereocenters. The van der Waals surface area contributed by atoms with E-state index >= 15 is 0 Å². The summed E-state index contributed by atoms with van der Waals surface area (Å²) < 4.78 is 9.43. The molecule has 0 saturated heterocycles.